The van der Waals surface area contributed by atoms with Crippen molar-refractivity contribution in [2.75, 3.05) is 10.6 Å². The Hall–Kier alpha value is -3.46. The van der Waals surface area contributed by atoms with E-state index in [1.54, 1.807) is 55.5 Å². The molecular weight excluding hydrogens is 451 g/mol. The zero-order valence-corrected chi connectivity index (χ0v) is 18.4. The van der Waals surface area contributed by atoms with E-state index in [0.29, 0.717) is 43.8 Å². The maximum Gasteiger partial charge on any atom is 0.323 e. The van der Waals surface area contributed by atoms with Crippen LogP contribution in [0.3, 0.4) is 0 Å². The Morgan fingerprint density at radius 3 is 2.62 bits per heavy atom. The number of urea groups is 1. The zero-order valence-electron chi connectivity index (χ0n) is 16.8. The highest BCUT2D eigenvalue weighted by Gasteiger charge is 2.18. The van der Waals surface area contributed by atoms with Crippen molar-refractivity contribution in [2.45, 2.75) is 13.0 Å². The summed E-state index contributed by atoms with van der Waals surface area (Å²) in [6, 6.07) is 12.4. The second kappa shape index (κ2) is 8.96. The molecule has 2 aromatic carbocycles. The predicted octanol–water partition coefficient (Wildman–Crippen LogP) is 4.75. The first-order valence-electron chi connectivity index (χ1n) is 9.60. The summed E-state index contributed by atoms with van der Waals surface area (Å²) in [6.45, 7) is 1.74. The van der Waals surface area contributed by atoms with Gasteiger partial charge in [0.2, 0.25) is 0 Å². The lowest BCUT2D eigenvalue weighted by Gasteiger charge is -2.17. The van der Waals surface area contributed by atoms with E-state index in [4.69, 9.17) is 28.9 Å². The number of anilines is 2. The first kappa shape index (κ1) is 21.8. The number of fused-ring (bicyclic) bond motifs is 1. The van der Waals surface area contributed by atoms with Crippen LogP contribution in [-0.2, 0) is 0 Å². The van der Waals surface area contributed by atoms with Crippen molar-refractivity contribution in [3.05, 3.63) is 87.1 Å². The van der Waals surface area contributed by atoms with Crippen LogP contribution in [0.1, 0.15) is 18.8 Å². The van der Waals surface area contributed by atoms with Crippen molar-refractivity contribution in [3.8, 4) is 5.69 Å². The molecule has 2 aromatic heterocycles. The molecule has 4 N–H and O–H groups in total. The van der Waals surface area contributed by atoms with Crippen molar-refractivity contribution in [1.82, 2.24) is 14.5 Å². The van der Waals surface area contributed by atoms with E-state index in [-0.39, 0.29) is 5.56 Å². The van der Waals surface area contributed by atoms with Crippen molar-refractivity contribution < 1.29 is 4.79 Å². The normalized spacial score (nSPS) is 11.9. The molecule has 162 valence electrons. The van der Waals surface area contributed by atoms with Crippen molar-refractivity contribution in [3.63, 3.8) is 0 Å². The first-order valence-corrected chi connectivity index (χ1v) is 10.4. The number of hydrogen-bond donors (Lipinski definition) is 3. The van der Waals surface area contributed by atoms with Gasteiger partial charge in [-0.15, -0.1) is 0 Å². The highest BCUT2D eigenvalue weighted by molar-refractivity contribution is 6.35. The second-order valence-electron chi connectivity index (χ2n) is 7.02. The Morgan fingerprint density at radius 1 is 1.09 bits per heavy atom. The molecule has 1 atom stereocenters. The van der Waals surface area contributed by atoms with E-state index >= 15 is 0 Å². The number of carbonyl (C=O) groups excluding carboxylic acids is 1. The van der Waals surface area contributed by atoms with E-state index in [0.717, 1.165) is 0 Å². The summed E-state index contributed by atoms with van der Waals surface area (Å²) in [5, 5.41) is 6.27. The van der Waals surface area contributed by atoms with E-state index in [9.17, 15) is 9.59 Å². The first-order chi connectivity index (χ1) is 15.3. The predicted molar refractivity (Wildman–Crippen MR) is 127 cm³/mol. The van der Waals surface area contributed by atoms with Gasteiger partial charge in [0.1, 0.15) is 5.82 Å². The average Bonchev–Trinajstić information content (AvgIpc) is 2.75. The molecule has 4 rings (SSSR count). The Kier molecular flexibility index (Phi) is 6.09. The van der Waals surface area contributed by atoms with Crippen LogP contribution < -0.4 is 21.9 Å². The third-order valence-corrected chi connectivity index (χ3v) is 5.28. The van der Waals surface area contributed by atoms with Gasteiger partial charge < -0.3 is 16.4 Å². The Balaban J connectivity index is 1.73. The monoisotopic (exact) mass is 468 g/mol. The number of nitrogens with one attached hydrogen (secondary N) is 2. The van der Waals surface area contributed by atoms with Crippen LogP contribution in [0.25, 0.3) is 16.6 Å². The van der Waals surface area contributed by atoms with Crippen LogP contribution in [-0.4, -0.2) is 20.6 Å². The van der Waals surface area contributed by atoms with E-state index < -0.39 is 12.1 Å². The third-order valence-electron chi connectivity index (χ3n) is 4.66. The molecule has 2 amide bonds. The molecule has 0 saturated carbocycles. The number of amides is 2. The summed E-state index contributed by atoms with van der Waals surface area (Å²) in [6.07, 6.45) is 2.94. The largest absolute Gasteiger partial charge is 0.323 e. The van der Waals surface area contributed by atoms with Crippen LogP contribution in [0.2, 0.25) is 10.0 Å². The van der Waals surface area contributed by atoms with Gasteiger partial charge in [-0.25, -0.2) is 9.78 Å². The molecule has 0 saturated heterocycles. The quantitative estimate of drug-likeness (QED) is 0.399. The molecule has 0 fully saturated rings. The number of rotatable bonds is 4. The van der Waals surface area contributed by atoms with Gasteiger partial charge in [0.25, 0.3) is 5.56 Å². The van der Waals surface area contributed by atoms with Crippen molar-refractivity contribution in [1.29, 1.82) is 0 Å². The van der Waals surface area contributed by atoms with E-state index in [1.165, 1.54) is 17.0 Å². The van der Waals surface area contributed by atoms with Gasteiger partial charge >= 0.3 is 6.03 Å². The van der Waals surface area contributed by atoms with Gasteiger partial charge in [-0.05, 0) is 43.3 Å². The summed E-state index contributed by atoms with van der Waals surface area (Å²) in [5.41, 5.74) is 7.58. The fraction of sp³-hybridized carbons (Fsp3) is 0.0909. The topological polar surface area (TPSA) is 115 Å². The molecule has 8 nitrogen and oxygen atoms in total. The Morgan fingerprint density at radius 2 is 1.88 bits per heavy atom. The summed E-state index contributed by atoms with van der Waals surface area (Å²) in [7, 11) is 0. The number of pyridine rings is 1. The Labute approximate surface area is 193 Å². The molecule has 0 aliphatic heterocycles. The average molecular weight is 469 g/mol. The molecule has 4 aromatic rings. The van der Waals surface area contributed by atoms with E-state index in [2.05, 4.69) is 20.6 Å². The fourth-order valence-corrected chi connectivity index (χ4v) is 3.66. The van der Waals surface area contributed by atoms with Gasteiger partial charge in [-0.3, -0.25) is 14.3 Å². The van der Waals surface area contributed by atoms with Crippen LogP contribution in [0, 0.1) is 0 Å². The third kappa shape index (κ3) is 4.29. The zero-order chi connectivity index (χ0) is 22.8. The Bertz CT molecular complexity index is 1390. The molecular formula is C22H18Cl2N6O2. The van der Waals surface area contributed by atoms with Gasteiger partial charge in [0, 0.05) is 18.1 Å². The van der Waals surface area contributed by atoms with Crippen molar-refractivity contribution >= 4 is 51.5 Å². The number of nitrogens with zero attached hydrogens (tertiary/aromatic N) is 3. The summed E-state index contributed by atoms with van der Waals surface area (Å²) in [4.78, 5) is 34.2. The van der Waals surface area contributed by atoms with Crippen LogP contribution in [0.4, 0.5) is 16.2 Å². The van der Waals surface area contributed by atoms with Crippen molar-refractivity contribution in [2.24, 2.45) is 5.73 Å². The minimum atomic E-state index is -0.528. The van der Waals surface area contributed by atoms with Gasteiger partial charge in [0.05, 0.1) is 38.4 Å². The maximum atomic E-state index is 13.3. The van der Waals surface area contributed by atoms with Crippen LogP contribution in [0.15, 0.2) is 65.7 Å². The second-order valence-corrected chi connectivity index (χ2v) is 7.83. The van der Waals surface area contributed by atoms with E-state index in [1.807, 2.05) is 0 Å². The molecule has 0 aliphatic rings. The minimum absolute atomic E-state index is 0.294. The highest BCUT2D eigenvalue weighted by atomic mass is 35.5. The van der Waals surface area contributed by atoms with Crippen LogP contribution in [0.5, 0.6) is 0 Å². The molecule has 2 heterocycles. The number of carbonyl (C=O) groups is 1. The summed E-state index contributed by atoms with van der Waals surface area (Å²) in [5.74, 6) is 0.370. The summed E-state index contributed by atoms with van der Waals surface area (Å²) >= 11 is 12.3. The number of halogens is 2. The minimum Gasteiger partial charge on any atom is -0.322 e. The molecule has 0 bridgehead atoms. The molecule has 0 radical (unpaired) electrons. The highest BCUT2D eigenvalue weighted by Crippen LogP contribution is 2.24. The number of aromatic nitrogens is 3. The van der Waals surface area contributed by atoms with Gasteiger partial charge in [0.15, 0.2) is 0 Å². The molecule has 10 heteroatoms. The fourth-order valence-electron chi connectivity index (χ4n) is 3.25. The van der Waals surface area contributed by atoms with Crippen LogP contribution >= 0.6 is 23.2 Å². The number of hydrogen-bond acceptors (Lipinski definition) is 5. The van der Waals surface area contributed by atoms with Gasteiger partial charge in [-0.2, -0.15) is 0 Å². The SMILES string of the molecule is CC(N)c1nc2cccc(Cl)c2c(=O)n1-c1cccc(NC(=O)Nc2ccncc2Cl)c1. The smallest absolute Gasteiger partial charge is 0.322 e. The standard InChI is InChI=1S/C22H18Cl2N6O2/c1-12(25)20-28-18-7-3-6-15(23)19(18)21(31)30(20)14-5-2-4-13(10-14)27-22(32)29-17-8-9-26-11-16(17)24/h2-12H,25H2,1H3,(H2,26,27,29,32). The molecule has 0 aliphatic carbocycles. The molecule has 1 unspecified atom stereocenters. The lowest BCUT2D eigenvalue weighted by molar-refractivity contribution is 0.262. The van der Waals surface area contributed by atoms with Gasteiger partial charge in [-0.1, -0.05) is 35.3 Å². The lowest BCUT2D eigenvalue weighted by Crippen LogP contribution is -2.28. The molecule has 0 spiro atoms. The number of benzene rings is 2. The lowest BCUT2D eigenvalue weighted by atomic mass is 10.2. The summed E-state index contributed by atoms with van der Waals surface area (Å²) < 4.78 is 1.40. The maximum absolute atomic E-state index is 13.3. The molecule has 32 heavy (non-hydrogen) atoms. The number of nitrogens with two attached hydrogens (primary N) is 1.